The van der Waals surface area contributed by atoms with E-state index in [2.05, 4.69) is 4.98 Å². The van der Waals surface area contributed by atoms with Gasteiger partial charge in [0.15, 0.2) is 0 Å². The topological polar surface area (TPSA) is 48.1 Å². The van der Waals surface area contributed by atoms with Crippen molar-refractivity contribution in [3.8, 4) is 5.75 Å². The van der Waals surface area contributed by atoms with Gasteiger partial charge in [0.25, 0.3) is 0 Å². The van der Waals surface area contributed by atoms with Crippen LogP contribution in [0, 0.1) is 0 Å². The second kappa shape index (κ2) is 3.94. The van der Waals surface area contributed by atoms with Gasteiger partial charge in [-0.1, -0.05) is 0 Å². The van der Waals surface area contributed by atoms with Gasteiger partial charge in [-0.15, -0.1) is 11.3 Å². The first-order valence-corrected chi connectivity index (χ1v) is 5.37. The average molecular weight is 208 g/mol. The van der Waals surface area contributed by atoms with Crippen molar-refractivity contribution in [3.05, 3.63) is 23.7 Å². The molecule has 14 heavy (non-hydrogen) atoms. The van der Waals surface area contributed by atoms with Gasteiger partial charge in [0.1, 0.15) is 11.9 Å². The second-order valence-corrected chi connectivity index (χ2v) is 4.03. The molecule has 74 valence electrons. The van der Waals surface area contributed by atoms with Crippen molar-refractivity contribution < 1.29 is 4.74 Å². The Morgan fingerprint density at radius 3 is 3.21 bits per heavy atom. The Morgan fingerprint density at radius 2 is 2.43 bits per heavy atom. The smallest absolute Gasteiger partial charge is 0.121 e. The Balaban J connectivity index is 2.25. The van der Waals surface area contributed by atoms with Crippen molar-refractivity contribution >= 4 is 21.6 Å². The largest absolute Gasteiger partial charge is 0.489 e. The number of thiazole rings is 1. The van der Waals surface area contributed by atoms with E-state index in [1.165, 1.54) is 0 Å². The Bertz CT molecular complexity index is 427. The van der Waals surface area contributed by atoms with E-state index in [0.717, 1.165) is 16.0 Å². The third-order valence-corrected chi connectivity index (χ3v) is 2.76. The van der Waals surface area contributed by atoms with Crippen LogP contribution in [0.1, 0.15) is 6.92 Å². The average Bonchev–Trinajstić information content (AvgIpc) is 2.64. The first-order valence-electron chi connectivity index (χ1n) is 4.49. The molecule has 0 spiro atoms. The normalized spacial score (nSPS) is 13.0. The molecule has 2 N–H and O–H groups in total. The van der Waals surface area contributed by atoms with Crippen LogP contribution in [-0.2, 0) is 0 Å². The lowest BCUT2D eigenvalue weighted by Gasteiger charge is -2.11. The third kappa shape index (κ3) is 1.86. The van der Waals surface area contributed by atoms with Crippen molar-refractivity contribution in [2.24, 2.45) is 5.73 Å². The van der Waals surface area contributed by atoms with Crippen LogP contribution >= 0.6 is 11.3 Å². The summed E-state index contributed by atoms with van der Waals surface area (Å²) >= 11 is 1.61. The van der Waals surface area contributed by atoms with Crippen molar-refractivity contribution in [1.82, 2.24) is 4.98 Å². The van der Waals surface area contributed by atoms with E-state index in [4.69, 9.17) is 10.5 Å². The van der Waals surface area contributed by atoms with Crippen molar-refractivity contribution in [3.63, 3.8) is 0 Å². The molecule has 2 aromatic rings. The highest BCUT2D eigenvalue weighted by molar-refractivity contribution is 7.16. The zero-order valence-corrected chi connectivity index (χ0v) is 8.75. The van der Waals surface area contributed by atoms with Crippen LogP contribution in [0.2, 0.25) is 0 Å². The van der Waals surface area contributed by atoms with E-state index < -0.39 is 0 Å². The standard InChI is InChI=1S/C10H12N2OS/c1-7(5-11)13-8-2-3-9-10(4-8)14-6-12-9/h2-4,6-7H,5,11H2,1H3. The molecule has 0 radical (unpaired) electrons. The Labute approximate surface area is 86.5 Å². The number of ether oxygens (including phenoxy) is 1. The van der Waals surface area contributed by atoms with Crippen LogP contribution in [-0.4, -0.2) is 17.6 Å². The third-order valence-electron chi connectivity index (χ3n) is 1.97. The van der Waals surface area contributed by atoms with Gasteiger partial charge in [-0.3, -0.25) is 0 Å². The van der Waals surface area contributed by atoms with Crippen molar-refractivity contribution in [2.75, 3.05) is 6.54 Å². The Kier molecular flexibility index (Phi) is 2.65. The molecule has 1 unspecified atom stereocenters. The van der Waals surface area contributed by atoms with E-state index in [0.29, 0.717) is 6.54 Å². The first kappa shape index (κ1) is 9.43. The van der Waals surface area contributed by atoms with Crippen LogP contribution in [0.5, 0.6) is 5.75 Å². The first-order chi connectivity index (χ1) is 6.79. The van der Waals surface area contributed by atoms with Gasteiger partial charge in [-0.25, -0.2) is 4.98 Å². The molecule has 1 heterocycles. The molecule has 1 aromatic heterocycles. The summed E-state index contributed by atoms with van der Waals surface area (Å²) in [6, 6.07) is 5.89. The van der Waals surface area contributed by atoms with Crippen molar-refractivity contribution in [1.29, 1.82) is 0 Å². The predicted octanol–water partition coefficient (Wildman–Crippen LogP) is 2.02. The quantitative estimate of drug-likeness (QED) is 0.839. The molecule has 4 heteroatoms. The zero-order chi connectivity index (χ0) is 9.97. The van der Waals surface area contributed by atoms with Gasteiger partial charge in [0, 0.05) is 6.54 Å². The molecule has 0 amide bonds. The molecule has 1 aromatic carbocycles. The van der Waals surface area contributed by atoms with Gasteiger partial charge >= 0.3 is 0 Å². The summed E-state index contributed by atoms with van der Waals surface area (Å²) in [6.45, 7) is 2.48. The van der Waals surface area contributed by atoms with Crippen molar-refractivity contribution in [2.45, 2.75) is 13.0 Å². The highest BCUT2D eigenvalue weighted by atomic mass is 32.1. The summed E-state index contributed by atoms with van der Waals surface area (Å²) in [7, 11) is 0. The maximum atomic E-state index is 5.59. The minimum Gasteiger partial charge on any atom is -0.489 e. The number of nitrogens with zero attached hydrogens (tertiary/aromatic N) is 1. The van der Waals surface area contributed by atoms with E-state index in [-0.39, 0.29) is 6.10 Å². The highest BCUT2D eigenvalue weighted by Gasteiger charge is 2.03. The molecular formula is C10H12N2OS. The van der Waals surface area contributed by atoms with Crippen LogP contribution in [0.15, 0.2) is 23.7 Å². The molecule has 0 saturated heterocycles. The monoisotopic (exact) mass is 208 g/mol. The Morgan fingerprint density at radius 1 is 1.57 bits per heavy atom. The zero-order valence-electron chi connectivity index (χ0n) is 7.93. The van der Waals surface area contributed by atoms with Gasteiger partial charge in [-0.05, 0) is 25.1 Å². The van der Waals surface area contributed by atoms with Crippen LogP contribution < -0.4 is 10.5 Å². The fourth-order valence-corrected chi connectivity index (χ4v) is 1.89. The van der Waals surface area contributed by atoms with E-state index >= 15 is 0 Å². The maximum Gasteiger partial charge on any atom is 0.121 e. The Hall–Kier alpha value is -1.13. The second-order valence-electron chi connectivity index (χ2n) is 3.15. The summed E-state index contributed by atoms with van der Waals surface area (Å²) < 4.78 is 6.74. The molecule has 1 atom stereocenters. The minimum atomic E-state index is 0.0559. The summed E-state index contributed by atoms with van der Waals surface area (Å²) in [6.07, 6.45) is 0.0559. The minimum absolute atomic E-state index is 0.0559. The number of hydrogen-bond donors (Lipinski definition) is 1. The highest BCUT2D eigenvalue weighted by Crippen LogP contribution is 2.23. The lowest BCUT2D eigenvalue weighted by Crippen LogP contribution is -2.22. The molecule has 0 saturated carbocycles. The lowest BCUT2D eigenvalue weighted by molar-refractivity contribution is 0.230. The van der Waals surface area contributed by atoms with Crippen LogP contribution in [0.3, 0.4) is 0 Å². The number of aromatic nitrogens is 1. The van der Waals surface area contributed by atoms with Gasteiger partial charge in [0.05, 0.1) is 15.7 Å². The van der Waals surface area contributed by atoms with Gasteiger partial charge < -0.3 is 10.5 Å². The number of hydrogen-bond acceptors (Lipinski definition) is 4. The SMILES string of the molecule is CC(CN)Oc1ccc2ncsc2c1. The molecule has 0 aliphatic carbocycles. The molecule has 0 aliphatic rings. The van der Waals surface area contributed by atoms with E-state index in [1.807, 2.05) is 30.6 Å². The number of benzene rings is 1. The number of nitrogens with two attached hydrogens (primary N) is 1. The summed E-state index contributed by atoms with van der Waals surface area (Å²) in [5, 5.41) is 0. The summed E-state index contributed by atoms with van der Waals surface area (Å²) in [5.74, 6) is 0.861. The van der Waals surface area contributed by atoms with E-state index in [1.54, 1.807) is 11.3 Å². The maximum absolute atomic E-state index is 5.59. The van der Waals surface area contributed by atoms with Crippen LogP contribution in [0.25, 0.3) is 10.2 Å². The van der Waals surface area contributed by atoms with Gasteiger partial charge in [0.2, 0.25) is 0 Å². The fourth-order valence-electron chi connectivity index (χ4n) is 1.19. The molecule has 0 bridgehead atoms. The van der Waals surface area contributed by atoms with E-state index in [9.17, 15) is 0 Å². The lowest BCUT2D eigenvalue weighted by atomic mass is 10.3. The van der Waals surface area contributed by atoms with Crippen LogP contribution in [0.4, 0.5) is 0 Å². The fraction of sp³-hybridized carbons (Fsp3) is 0.300. The summed E-state index contributed by atoms with van der Waals surface area (Å²) in [5.41, 5.74) is 8.33. The summed E-state index contributed by atoms with van der Waals surface area (Å²) in [4.78, 5) is 4.20. The molecule has 2 rings (SSSR count). The number of rotatable bonds is 3. The number of fused-ring (bicyclic) bond motifs is 1. The molecule has 3 nitrogen and oxygen atoms in total. The molecule has 0 aliphatic heterocycles. The molecular weight excluding hydrogens is 196 g/mol. The molecule has 0 fully saturated rings. The predicted molar refractivity (Wildman–Crippen MR) is 58.8 cm³/mol. The van der Waals surface area contributed by atoms with Gasteiger partial charge in [-0.2, -0.15) is 0 Å².